The Labute approximate surface area is 116 Å². The molecule has 1 aromatic carbocycles. The Morgan fingerprint density at radius 3 is 2.80 bits per heavy atom. The third-order valence-electron chi connectivity index (χ3n) is 2.33. The van der Waals surface area contributed by atoms with Crippen LogP contribution in [-0.2, 0) is 10.0 Å². The Bertz CT molecular complexity index is 683. The van der Waals surface area contributed by atoms with E-state index in [2.05, 4.69) is 19.9 Å². The molecule has 108 valence electrons. The quantitative estimate of drug-likeness (QED) is 0.824. The standard InChI is InChI=1S/C11H14N4O4S/c1-3-19-11-12-10(13-14-11)15-20(16,17)9-7-5-4-6-8(9)18-2/h4-7H,3H2,1-2H3,(H2,12,13,14,15). The number of para-hydroxylation sites is 1. The lowest BCUT2D eigenvalue weighted by Gasteiger charge is -2.09. The van der Waals surface area contributed by atoms with Gasteiger partial charge in [0, 0.05) is 0 Å². The maximum absolute atomic E-state index is 12.2. The van der Waals surface area contributed by atoms with E-state index in [0.717, 1.165) is 0 Å². The van der Waals surface area contributed by atoms with Crippen LogP contribution >= 0.6 is 0 Å². The van der Waals surface area contributed by atoms with Crippen molar-refractivity contribution in [2.75, 3.05) is 18.4 Å². The van der Waals surface area contributed by atoms with E-state index in [-0.39, 0.29) is 22.6 Å². The van der Waals surface area contributed by atoms with Crippen molar-refractivity contribution in [2.45, 2.75) is 11.8 Å². The molecule has 1 aromatic heterocycles. The summed E-state index contributed by atoms with van der Waals surface area (Å²) >= 11 is 0. The predicted octanol–water partition coefficient (Wildman–Crippen LogP) is 1.01. The van der Waals surface area contributed by atoms with Crippen LogP contribution in [0, 0.1) is 0 Å². The van der Waals surface area contributed by atoms with Gasteiger partial charge in [0.25, 0.3) is 10.0 Å². The van der Waals surface area contributed by atoms with Crippen molar-refractivity contribution in [3.05, 3.63) is 24.3 Å². The summed E-state index contributed by atoms with van der Waals surface area (Å²) in [7, 11) is -2.42. The summed E-state index contributed by atoms with van der Waals surface area (Å²) in [6, 6.07) is 6.34. The number of hydrogen-bond donors (Lipinski definition) is 2. The molecule has 0 radical (unpaired) electrons. The van der Waals surface area contributed by atoms with Gasteiger partial charge in [-0.2, -0.15) is 4.98 Å². The summed E-state index contributed by atoms with van der Waals surface area (Å²) in [5, 5.41) is 6.15. The van der Waals surface area contributed by atoms with Crippen LogP contribution in [0.2, 0.25) is 0 Å². The molecule has 0 aliphatic carbocycles. The van der Waals surface area contributed by atoms with E-state index in [1.54, 1.807) is 25.1 Å². The first-order chi connectivity index (χ1) is 9.56. The van der Waals surface area contributed by atoms with E-state index in [1.807, 2.05) is 0 Å². The van der Waals surface area contributed by atoms with Crippen molar-refractivity contribution < 1.29 is 17.9 Å². The highest BCUT2D eigenvalue weighted by molar-refractivity contribution is 7.92. The minimum atomic E-state index is -3.82. The van der Waals surface area contributed by atoms with Gasteiger partial charge in [0.05, 0.1) is 13.7 Å². The number of anilines is 1. The van der Waals surface area contributed by atoms with Crippen LogP contribution in [-0.4, -0.2) is 37.3 Å². The van der Waals surface area contributed by atoms with Crippen molar-refractivity contribution in [1.82, 2.24) is 15.2 Å². The van der Waals surface area contributed by atoms with Crippen molar-refractivity contribution in [3.8, 4) is 11.8 Å². The largest absolute Gasteiger partial charge is 0.495 e. The zero-order valence-corrected chi connectivity index (χ0v) is 11.8. The van der Waals surface area contributed by atoms with Crippen molar-refractivity contribution >= 4 is 16.0 Å². The zero-order valence-electron chi connectivity index (χ0n) is 11.0. The van der Waals surface area contributed by atoms with Gasteiger partial charge in [0.2, 0.25) is 5.95 Å². The fourth-order valence-corrected chi connectivity index (χ4v) is 2.64. The number of nitrogens with one attached hydrogen (secondary N) is 2. The van der Waals surface area contributed by atoms with E-state index in [9.17, 15) is 8.42 Å². The molecular weight excluding hydrogens is 284 g/mol. The maximum atomic E-state index is 12.2. The molecule has 0 unspecified atom stereocenters. The number of benzene rings is 1. The lowest BCUT2D eigenvalue weighted by atomic mass is 10.3. The van der Waals surface area contributed by atoms with Crippen molar-refractivity contribution in [1.29, 1.82) is 0 Å². The van der Waals surface area contributed by atoms with Crippen LogP contribution in [0.25, 0.3) is 0 Å². The molecule has 0 aliphatic heterocycles. The van der Waals surface area contributed by atoms with Crippen LogP contribution < -0.4 is 14.2 Å². The van der Waals surface area contributed by atoms with Crippen LogP contribution in [0.5, 0.6) is 11.8 Å². The Balaban J connectivity index is 2.26. The highest BCUT2D eigenvalue weighted by Gasteiger charge is 2.20. The maximum Gasteiger partial charge on any atom is 0.337 e. The smallest absolute Gasteiger partial charge is 0.337 e. The third-order valence-corrected chi connectivity index (χ3v) is 3.71. The first-order valence-electron chi connectivity index (χ1n) is 5.78. The number of ether oxygens (including phenoxy) is 2. The van der Waals surface area contributed by atoms with Gasteiger partial charge in [-0.3, -0.25) is 0 Å². The third kappa shape index (κ3) is 2.99. The number of sulfonamides is 1. The van der Waals surface area contributed by atoms with Gasteiger partial charge in [-0.15, -0.1) is 5.10 Å². The number of rotatable bonds is 6. The number of H-pyrrole nitrogens is 1. The fourth-order valence-electron chi connectivity index (χ4n) is 1.51. The number of nitrogens with zero attached hydrogens (tertiary/aromatic N) is 2. The van der Waals surface area contributed by atoms with Crippen molar-refractivity contribution in [2.24, 2.45) is 0 Å². The van der Waals surface area contributed by atoms with Gasteiger partial charge < -0.3 is 9.47 Å². The van der Waals surface area contributed by atoms with Crippen molar-refractivity contribution in [3.63, 3.8) is 0 Å². The molecule has 0 amide bonds. The number of hydrogen-bond acceptors (Lipinski definition) is 6. The second-order valence-corrected chi connectivity index (χ2v) is 5.31. The minimum absolute atomic E-state index is 0.0110. The molecule has 8 nitrogen and oxygen atoms in total. The Morgan fingerprint density at radius 2 is 2.10 bits per heavy atom. The lowest BCUT2D eigenvalue weighted by molar-refractivity contribution is 0.314. The van der Waals surface area contributed by atoms with Gasteiger partial charge in [-0.05, 0) is 19.1 Å². The van der Waals surface area contributed by atoms with Gasteiger partial charge in [0.1, 0.15) is 10.6 Å². The van der Waals surface area contributed by atoms with Crippen LogP contribution in [0.1, 0.15) is 6.92 Å². The van der Waals surface area contributed by atoms with E-state index >= 15 is 0 Å². The Morgan fingerprint density at radius 1 is 1.35 bits per heavy atom. The number of methoxy groups -OCH3 is 1. The van der Waals surface area contributed by atoms with Gasteiger partial charge >= 0.3 is 6.01 Å². The molecule has 0 saturated heterocycles. The number of aromatic nitrogens is 3. The summed E-state index contributed by atoms with van der Waals surface area (Å²) in [6.07, 6.45) is 0. The average molecular weight is 298 g/mol. The molecular formula is C11H14N4O4S. The van der Waals surface area contributed by atoms with Crippen LogP contribution in [0.4, 0.5) is 5.95 Å². The lowest BCUT2D eigenvalue weighted by Crippen LogP contribution is -2.15. The SMILES string of the molecule is CCOc1n[nH]c(NS(=O)(=O)c2ccccc2OC)n1. The van der Waals surface area contributed by atoms with E-state index in [0.29, 0.717) is 6.61 Å². The summed E-state index contributed by atoms with van der Waals surface area (Å²) in [6.45, 7) is 2.16. The summed E-state index contributed by atoms with van der Waals surface area (Å²) in [5.74, 6) is 0.212. The van der Waals surface area contributed by atoms with E-state index in [4.69, 9.17) is 9.47 Å². The van der Waals surface area contributed by atoms with Gasteiger partial charge in [-0.25, -0.2) is 18.2 Å². The zero-order chi connectivity index (χ0) is 14.6. The molecule has 2 N–H and O–H groups in total. The first kappa shape index (κ1) is 14.1. The molecule has 20 heavy (non-hydrogen) atoms. The van der Waals surface area contributed by atoms with Crippen LogP contribution in [0.15, 0.2) is 29.2 Å². The molecule has 1 heterocycles. The molecule has 0 fully saturated rings. The normalized spacial score (nSPS) is 11.1. The van der Waals surface area contributed by atoms with Crippen LogP contribution in [0.3, 0.4) is 0 Å². The highest BCUT2D eigenvalue weighted by Crippen LogP contribution is 2.24. The second kappa shape index (κ2) is 5.78. The molecule has 9 heteroatoms. The molecule has 0 spiro atoms. The van der Waals surface area contributed by atoms with E-state index < -0.39 is 10.0 Å². The molecule has 2 rings (SSSR count). The topological polar surface area (TPSA) is 106 Å². The Kier molecular flexibility index (Phi) is 4.08. The van der Waals surface area contributed by atoms with E-state index in [1.165, 1.54) is 13.2 Å². The summed E-state index contributed by atoms with van der Waals surface area (Å²) in [4.78, 5) is 3.86. The molecule has 0 atom stereocenters. The summed E-state index contributed by atoms with van der Waals surface area (Å²) < 4.78 is 36.8. The second-order valence-electron chi connectivity index (χ2n) is 3.66. The molecule has 0 bridgehead atoms. The average Bonchev–Trinajstić information content (AvgIpc) is 2.85. The minimum Gasteiger partial charge on any atom is -0.495 e. The molecule has 0 aliphatic rings. The monoisotopic (exact) mass is 298 g/mol. The summed E-state index contributed by atoms with van der Waals surface area (Å²) in [5.41, 5.74) is 0. The van der Waals surface area contributed by atoms with Gasteiger partial charge in [-0.1, -0.05) is 12.1 Å². The molecule has 2 aromatic rings. The molecule has 0 saturated carbocycles. The highest BCUT2D eigenvalue weighted by atomic mass is 32.2. The Hall–Kier alpha value is -2.29. The fraction of sp³-hybridized carbons (Fsp3) is 0.273. The predicted molar refractivity (Wildman–Crippen MR) is 71.4 cm³/mol. The van der Waals surface area contributed by atoms with Gasteiger partial charge in [0.15, 0.2) is 0 Å². The number of aromatic amines is 1. The first-order valence-corrected chi connectivity index (χ1v) is 7.26.